The summed E-state index contributed by atoms with van der Waals surface area (Å²) in [6.45, 7) is 4.55. The predicted octanol–water partition coefficient (Wildman–Crippen LogP) is 0.440. The average molecular weight is 203 g/mol. The summed E-state index contributed by atoms with van der Waals surface area (Å²) in [6, 6.07) is 1.45. The van der Waals surface area contributed by atoms with E-state index in [0.717, 1.165) is 0 Å². The van der Waals surface area contributed by atoms with Gasteiger partial charge in [0.25, 0.3) is 10.0 Å². The molecule has 0 amide bonds. The van der Waals surface area contributed by atoms with E-state index in [9.17, 15) is 8.42 Å². The van der Waals surface area contributed by atoms with Crippen molar-refractivity contribution in [3.8, 4) is 0 Å². The number of hydrogen-bond acceptors (Lipinski definition) is 3. The molecular formula is C7H13N3O2S. The van der Waals surface area contributed by atoms with Crippen LogP contribution in [-0.4, -0.2) is 36.0 Å². The van der Waals surface area contributed by atoms with Gasteiger partial charge in [-0.3, -0.25) is 5.10 Å². The van der Waals surface area contributed by atoms with Crippen molar-refractivity contribution in [2.24, 2.45) is 0 Å². The van der Waals surface area contributed by atoms with Crippen LogP contribution in [0.4, 0.5) is 0 Å². The smallest absolute Gasteiger partial charge is 0.259 e. The molecule has 0 spiro atoms. The molecule has 0 saturated heterocycles. The van der Waals surface area contributed by atoms with Crippen LogP contribution >= 0.6 is 0 Å². The zero-order valence-electron chi connectivity index (χ0n) is 7.69. The van der Waals surface area contributed by atoms with Gasteiger partial charge in [0.05, 0.1) is 6.20 Å². The summed E-state index contributed by atoms with van der Waals surface area (Å²) < 4.78 is 24.8. The summed E-state index contributed by atoms with van der Waals surface area (Å²) in [5.41, 5.74) is 0. The highest BCUT2D eigenvalue weighted by atomic mass is 32.2. The SMILES string of the molecule is CCN(CC)S(=O)(=O)c1ccn[nH]1. The van der Waals surface area contributed by atoms with E-state index in [1.54, 1.807) is 13.8 Å². The first kappa shape index (κ1) is 10.2. The number of H-pyrrole nitrogens is 1. The maximum absolute atomic E-state index is 11.7. The second kappa shape index (κ2) is 3.89. The van der Waals surface area contributed by atoms with Gasteiger partial charge >= 0.3 is 0 Å². The molecule has 0 fully saturated rings. The third kappa shape index (κ3) is 1.89. The molecule has 0 aliphatic carbocycles. The molecule has 0 bridgehead atoms. The van der Waals surface area contributed by atoms with Gasteiger partial charge in [0.1, 0.15) is 0 Å². The quantitative estimate of drug-likeness (QED) is 0.772. The van der Waals surface area contributed by atoms with Crippen LogP contribution in [0.15, 0.2) is 17.3 Å². The van der Waals surface area contributed by atoms with Crippen molar-refractivity contribution in [3.05, 3.63) is 12.3 Å². The van der Waals surface area contributed by atoms with Gasteiger partial charge < -0.3 is 0 Å². The third-order valence-corrected chi connectivity index (χ3v) is 3.78. The van der Waals surface area contributed by atoms with E-state index >= 15 is 0 Å². The Morgan fingerprint density at radius 1 is 1.46 bits per heavy atom. The van der Waals surface area contributed by atoms with E-state index in [2.05, 4.69) is 10.2 Å². The van der Waals surface area contributed by atoms with E-state index in [4.69, 9.17) is 0 Å². The van der Waals surface area contributed by atoms with Gasteiger partial charge in [0.15, 0.2) is 5.03 Å². The van der Waals surface area contributed by atoms with E-state index in [-0.39, 0.29) is 5.03 Å². The second-order valence-electron chi connectivity index (χ2n) is 2.51. The van der Waals surface area contributed by atoms with Crippen molar-refractivity contribution in [2.75, 3.05) is 13.1 Å². The Balaban J connectivity index is 3.02. The molecule has 0 aliphatic heterocycles. The van der Waals surface area contributed by atoms with E-state index in [1.165, 1.54) is 16.6 Å². The number of nitrogens with zero attached hydrogens (tertiary/aromatic N) is 2. The summed E-state index contributed by atoms with van der Waals surface area (Å²) in [5, 5.41) is 6.20. The lowest BCUT2D eigenvalue weighted by Crippen LogP contribution is -2.30. The fourth-order valence-corrected chi connectivity index (χ4v) is 2.45. The Kier molecular flexibility index (Phi) is 3.05. The molecule has 0 aliphatic rings. The van der Waals surface area contributed by atoms with Crippen molar-refractivity contribution >= 4 is 10.0 Å². The van der Waals surface area contributed by atoms with Crippen LogP contribution < -0.4 is 0 Å². The van der Waals surface area contributed by atoms with Crippen LogP contribution in [0.3, 0.4) is 0 Å². The van der Waals surface area contributed by atoms with Crippen molar-refractivity contribution < 1.29 is 8.42 Å². The van der Waals surface area contributed by atoms with Crippen LogP contribution in [0, 0.1) is 0 Å². The molecule has 1 aromatic rings. The van der Waals surface area contributed by atoms with Gasteiger partial charge in [-0.05, 0) is 6.07 Å². The minimum absolute atomic E-state index is 0.149. The van der Waals surface area contributed by atoms with Crippen LogP contribution in [0.2, 0.25) is 0 Å². The van der Waals surface area contributed by atoms with Gasteiger partial charge in [-0.2, -0.15) is 9.40 Å². The monoisotopic (exact) mass is 203 g/mol. The number of nitrogens with one attached hydrogen (secondary N) is 1. The first-order valence-corrected chi connectivity index (χ1v) is 5.56. The maximum Gasteiger partial charge on any atom is 0.259 e. The Bertz CT molecular complexity index is 340. The number of hydrogen-bond donors (Lipinski definition) is 1. The topological polar surface area (TPSA) is 66.1 Å². The summed E-state index contributed by atoms with van der Waals surface area (Å²) in [6.07, 6.45) is 1.43. The fraction of sp³-hybridized carbons (Fsp3) is 0.571. The molecule has 0 saturated carbocycles. The highest BCUT2D eigenvalue weighted by Gasteiger charge is 2.22. The Labute approximate surface area is 77.8 Å². The standard InChI is InChI=1S/C7H13N3O2S/c1-3-10(4-2)13(11,12)7-5-6-8-9-7/h5-6H,3-4H2,1-2H3,(H,8,9). The average Bonchev–Trinajstić information content (AvgIpc) is 2.58. The normalized spacial score (nSPS) is 12.2. The van der Waals surface area contributed by atoms with Gasteiger partial charge in [-0.15, -0.1) is 0 Å². The summed E-state index contributed by atoms with van der Waals surface area (Å²) in [4.78, 5) is 0. The largest absolute Gasteiger partial charge is 0.266 e. The highest BCUT2D eigenvalue weighted by molar-refractivity contribution is 7.89. The molecule has 1 aromatic heterocycles. The Morgan fingerprint density at radius 2 is 2.08 bits per heavy atom. The van der Waals surface area contributed by atoms with Crippen LogP contribution in [-0.2, 0) is 10.0 Å². The molecule has 6 heteroatoms. The summed E-state index contributed by atoms with van der Waals surface area (Å²) in [7, 11) is -3.34. The van der Waals surface area contributed by atoms with E-state index in [0.29, 0.717) is 13.1 Å². The molecule has 1 heterocycles. The summed E-state index contributed by atoms with van der Waals surface area (Å²) >= 11 is 0. The van der Waals surface area contributed by atoms with E-state index in [1.807, 2.05) is 0 Å². The molecule has 1 N–H and O–H groups in total. The zero-order chi connectivity index (χ0) is 9.90. The van der Waals surface area contributed by atoms with Crippen LogP contribution in [0.25, 0.3) is 0 Å². The lowest BCUT2D eigenvalue weighted by Gasteiger charge is -2.16. The molecule has 13 heavy (non-hydrogen) atoms. The van der Waals surface area contributed by atoms with Gasteiger partial charge in [0.2, 0.25) is 0 Å². The van der Waals surface area contributed by atoms with Gasteiger partial charge in [-0.25, -0.2) is 8.42 Å². The number of aromatic nitrogens is 2. The van der Waals surface area contributed by atoms with Crippen LogP contribution in [0.1, 0.15) is 13.8 Å². The zero-order valence-corrected chi connectivity index (χ0v) is 8.50. The number of aromatic amines is 1. The van der Waals surface area contributed by atoms with Gasteiger partial charge in [-0.1, -0.05) is 13.8 Å². The second-order valence-corrected chi connectivity index (χ2v) is 4.42. The van der Waals surface area contributed by atoms with Gasteiger partial charge in [0, 0.05) is 13.1 Å². The predicted molar refractivity (Wildman–Crippen MR) is 48.7 cm³/mol. The molecular weight excluding hydrogens is 190 g/mol. The Hall–Kier alpha value is -0.880. The molecule has 0 unspecified atom stereocenters. The fourth-order valence-electron chi connectivity index (χ4n) is 1.09. The molecule has 0 radical (unpaired) electrons. The summed E-state index contributed by atoms with van der Waals surface area (Å²) in [5.74, 6) is 0. The third-order valence-electron chi connectivity index (χ3n) is 1.80. The number of sulfonamides is 1. The Morgan fingerprint density at radius 3 is 2.46 bits per heavy atom. The van der Waals surface area contributed by atoms with Crippen molar-refractivity contribution in [3.63, 3.8) is 0 Å². The minimum atomic E-state index is -3.34. The lowest BCUT2D eigenvalue weighted by atomic mass is 10.7. The minimum Gasteiger partial charge on any atom is -0.266 e. The first-order valence-electron chi connectivity index (χ1n) is 4.12. The van der Waals surface area contributed by atoms with E-state index < -0.39 is 10.0 Å². The molecule has 74 valence electrons. The van der Waals surface area contributed by atoms with Crippen LogP contribution in [0.5, 0.6) is 0 Å². The molecule has 5 nitrogen and oxygen atoms in total. The molecule has 0 aromatic carbocycles. The molecule has 0 atom stereocenters. The first-order chi connectivity index (χ1) is 6.12. The molecule has 1 rings (SSSR count). The van der Waals surface area contributed by atoms with Crippen molar-refractivity contribution in [1.82, 2.24) is 14.5 Å². The maximum atomic E-state index is 11.7. The lowest BCUT2D eigenvalue weighted by molar-refractivity contribution is 0.442. The number of rotatable bonds is 4. The van der Waals surface area contributed by atoms with Crippen molar-refractivity contribution in [2.45, 2.75) is 18.9 Å². The highest BCUT2D eigenvalue weighted by Crippen LogP contribution is 2.10. The van der Waals surface area contributed by atoms with Crippen molar-refractivity contribution in [1.29, 1.82) is 0 Å².